The molecule has 0 spiro atoms. The number of thioether (sulfide) groups is 1. The largest absolute Gasteiger partial charge is 0.329 e. The third-order valence-corrected chi connectivity index (χ3v) is 2.68. The van der Waals surface area contributed by atoms with Gasteiger partial charge in [0.05, 0.1) is 5.37 Å². The van der Waals surface area contributed by atoms with E-state index in [2.05, 4.69) is 11.9 Å². The molecule has 0 aromatic carbocycles. The summed E-state index contributed by atoms with van der Waals surface area (Å²) in [6.45, 7) is 2.07. The van der Waals surface area contributed by atoms with Gasteiger partial charge in [0, 0.05) is 19.4 Å². The van der Waals surface area contributed by atoms with Crippen LogP contribution in [-0.4, -0.2) is 14.9 Å². The number of nitrogens with zero attached hydrogens (tertiary/aromatic N) is 2. The lowest BCUT2D eigenvalue weighted by Gasteiger charge is -2.06. The van der Waals surface area contributed by atoms with Gasteiger partial charge in [-0.25, -0.2) is 4.98 Å². The Balaban J connectivity index is 0.00000121. The van der Waals surface area contributed by atoms with Crippen LogP contribution in [0.5, 0.6) is 0 Å². The molecule has 0 unspecified atom stereocenters. The number of aryl methyl sites for hydroxylation is 1. The van der Waals surface area contributed by atoms with E-state index in [9.17, 15) is 0 Å². The van der Waals surface area contributed by atoms with Crippen molar-refractivity contribution in [1.82, 2.24) is 9.55 Å². The Labute approximate surface area is 83.1 Å². The van der Waals surface area contributed by atoms with Crippen LogP contribution >= 0.6 is 24.2 Å². The van der Waals surface area contributed by atoms with Crippen molar-refractivity contribution >= 4 is 24.2 Å². The maximum atomic E-state index is 5.74. The standard InChI is InChI=1S/C7H13N3S.ClH/c1-3-6(8)11-7-9-4-5-10(7)2;/h4-6H,3,8H2,1-2H3;1H/t6-;/m1./s1. The Morgan fingerprint density at radius 1 is 1.75 bits per heavy atom. The highest BCUT2D eigenvalue weighted by molar-refractivity contribution is 7.99. The molecule has 0 saturated carbocycles. The Hall–Kier alpha value is -0.190. The zero-order valence-electron chi connectivity index (χ0n) is 7.23. The summed E-state index contributed by atoms with van der Waals surface area (Å²) in [6.07, 6.45) is 4.67. The van der Waals surface area contributed by atoms with E-state index >= 15 is 0 Å². The van der Waals surface area contributed by atoms with Crippen LogP contribution in [0.4, 0.5) is 0 Å². The van der Waals surface area contributed by atoms with Crippen LogP contribution in [0.3, 0.4) is 0 Å². The van der Waals surface area contributed by atoms with Gasteiger partial charge in [-0.2, -0.15) is 0 Å². The first-order valence-electron chi connectivity index (χ1n) is 3.63. The third-order valence-electron chi connectivity index (χ3n) is 1.44. The fourth-order valence-corrected chi connectivity index (χ4v) is 1.47. The smallest absolute Gasteiger partial charge is 0.169 e. The highest BCUT2D eigenvalue weighted by Gasteiger charge is 2.04. The first-order chi connectivity index (χ1) is 5.24. The molecule has 12 heavy (non-hydrogen) atoms. The molecule has 1 rings (SSSR count). The molecule has 70 valence electrons. The molecular formula is C7H14ClN3S. The van der Waals surface area contributed by atoms with Crippen molar-refractivity contribution in [3.63, 3.8) is 0 Å². The summed E-state index contributed by atoms with van der Waals surface area (Å²) >= 11 is 1.61. The van der Waals surface area contributed by atoms with Gasteiger partial charge in [0.1, 0.15) is 0 Å². The minimum atomic E-state index is 0. The second-order valence-electron chi connectivity index (χ2n) is 2.39. The number of nitrogens with two attached hydrogens (primary N) is 1. The average Bonchev–Trinajstić information content (AvgIpc) is 2.37. The zero-order valence-corrected chi connectivity index (χ0v) is 8.86. The van der Waals surface area contributed by atoms with Gasteiger partial charge in [-0.3, -0.25) is 0 Å². The topological polar surface area (TPSA) is 43.8 Å². The molecule has 0 aliphatic heterocycles. The highest BCUT2D eigenvalue weighted by atomic mass is 35.5. The monoisotopic (exact) mass is 207 g/mol. The summed E-state index contributed by atoms with van der Waals surface area (Å²) in [6, 6.07) is 0. The lowest BCUT2D eigenvalue weighted by atomic mass is 10.5. The van der Waals surface area contributed by atoms with Crippen molar-refractivity contribution in [3.8, 4) is 0 Å². The minimum Gasteiger partial charge on any atom is -0.329 e. The normalized spacial score (nSPS) is 12.2. The van der Waals surface area contributed by atoms with Crippen LogP contribution in [0.25, 0.3) is 0 Å². The van der Waals surface area contributed by atoms with Gasteiger partial charge in [0.2, 0.25) is 0 Å². The Morgan fingerprint density at radius 3 is 2.83 bits per heavy atom. The van der Waals surface area contributed by atoms with Crippen molar-refractivity contribution in [2.75, 3.05) is 0 Å². The summed E-state index contributed by atoms with van der Waals surface area (Å²) in [7, 11) is 1.97. The first-order valence-corrected chi connectivity index (χ1v) is 4.51. The third kappa shape index (κ3) is 3.05. The van der Waals surface area contributed by atoms with Gasteiger partial charge in [0.25, 0.3) is 0 Å². The van der Waals surface area contributed by atoms with E-state index in [1.165, 1.54) is 0 Å². The number of aromatic nitrogens is 2. The average molecular weight is 208 g/mol. The summed E-state index contributed by atoms with van der Waals surface area (Å²) in [5, 5.41) is 1.15. The van der Waals surface area contributed by atoms with E-state index < -0.39 is 0 Å². The summed E-state index contributed by atoms with van der Waals surface area (Å²) in [4.78, 5) is 4.15. The Kier molecular flexibility index (Phi) is 5.37. The van der Waals surface area contributed by atoms with E-state index in [-0.39, 0.29) is 17.8 Å². The van der Waals surface area contributed by atoms with Crippen molar-refractivity contribution in [3.05, 3.63) is 12.4 Å². The van der Waals surface area contributed by atoms with Crippen LogP contribution in [-0.2, 0) is 7.05 Å². The molecule has 0 radical (unpaired) electrons. The Morgan fingerprint density at radius 2 is 2.42 bits per heavy atom. The number of imidazole rings is 1. The van der Waals surface area contributed by atoms with Gasteiger partial charge < -0.3 is 10.3 Å². The molecule has 1 aromatic heterocycles. The van der Waals surface area contributed by atoms with Crippen molar-refractivity contribution < 1.29 is 0 Å². The molecule has 0 fully saturated rings. The number of hydrogen-bond donors (Lipinski definition) is 1. The number of hydrogen-bond acceptors (Lipinski definition) is 3. The maximum Gasteiger partial charge on any atom is 0.169 e. The molecule has 2 N–H and O–H groups in total. The fraction of sp³-hybridized carbons (Fsp3) is 0.571. The van der Waals surface area contributed by atoms with Crippen LogP contribution in [0.15, 0.2) is 17.6 Å². The summed E-state index contributed by atoms with van der Waals surface area (Å²) in [5.74, 6) is 0. The van der Waals surface area contributed by atoms with Crippen molar-refractivity contribution in [2.45, 2.75) is 23.9 Å². The zero-order chi connectivity index (χ0) is 8.27. The highest BCUT2D eigenvalue weighted by Crippen LogP contribution is 2.18. The Bertz CT molecular complexity index is 226. The molecule has 5 heteroatoms. The molecular weight excluding hydrogens is 194 g/mol. The molecule has 0 bridgehead atoms. The van der Waals surface area contributed by atoms with E-state index in [1.807, 2.05) is 17.8 Å². The molecule has 1 heterocycles. The molecule has 0 aliphatic carbocycles. The van der Waals surface area contributed by atoms with Gasteiger partial charge in [-0.05, 0) is 6.42 Å². The van der Waals surface area contributed by atoms with Gasteiger partial charge in [-0.1, -0.05) is 18.7 Å². The molecule has 3 nitrogen and oxygen atoms in total. The predicted octanol–water partition coefficient (Wildman–Crippen LogP) is 1.63. The second-order valence-corrected chi connectivity index (χ2v) is 3.59. The second kappa shape index (κ2) is 5.45. The molecule has 0 amide bonds. The molecule has 0 aliphatic rings. The number of rotatable bonds is 3. The first kappa shape index (κ1) is 11.8. The minimum absolute atomic E-state index is 0. The molecule has 1 atom stereocenters. The quantitative estimate of drug-likeness (QED) is 0.605. The van der Waals surface area contributed by atoms with Crippen molar-refractivity contribution in [1.29, 1.82) is 0 Å². The lowest BCUT2D eigenvalue weighted by molar-refractivity contribution is 0.776. The van der Waals surface area contributed by atoms with E-state index in [4.69, 9.17) is 5.73 Å². The van der Waals surface area contributed by atoms with Gasteiger partial charge >= 0.3 is 0 Å². The van der Waals surface area contributed by atoms with Gasteiger partial charge in [0.15, 0.2) is 5.16 Å². The van der Waals surface area contributed by atoms with Crippen LogP contribution in [0, 0.1) is 0 Å². The maximum absolute atomic E-state index is 5.74. The van der Waals surface area contributed by atoms with Crippen LogP contribution < -0.4 is 5.73 Å². The van der Waals surface area contributed by atoms with E-state index in [1.54, 1.807) is 18.0 Å². The summed E-state index contributed by atoms with van der Waals surface area (Å²) in [5.41, 5.74) is 5.74. The van der Waals surface area contributed by atoms with E-state index in [0.29, 0.717) is 0 Å². The predicted molar refractivity (Wildman–Crippen MR) is 54.6 cm³/mol. The van der Waals surface area contributed by atoms with Crippen molar-refractivity contribution in [2.24, 2.45) is 12.8 Å². The molecule has 1 aromatic rings. The molecule has 0 saturated heterocycles. The van der Waals surface area contributed by atoms with Crippen LogP contribution in [0.2, 0.25) is 0 Å². The SMILES string of the molecule is CC[C@H](N)Sc1nccn1C.Cl. The summed E-state index contributed by atoms with van der Waals surface area (Å²) < 4.78 is 1.97. The van der Waals surface area contributed by atoms with Gasteiger partial charge in [-0.15, -0.1) is 12.4 Å². The number of halogens is 1. The van der Waals surface area contributed by atoms with E-state index in [0.717, 1.165) is 11.6 Å². The van der Waals surface area contributed by atoms with Crippen LogP contribution in [0.1, 0.15) is 13.3 Å². The lowest BCUT2D eigenvalue weighted by Crippen LogP contribution is -2.14. The fourth-order valence-electron chi connectivity index (χ4n) is 0.684.